The van der Waals surface area contributed by atoms with Crippen molar-refractivity contribution in [1.82, 2.24) is 5.32 Å². The molecule has 0 aliphatic rings. The normalized spacial score (nSPS) is 13.4. The number of amides is 1. The van der Waals surface area contributed by atoms with Crippen LogP contribution < -0.4 is 11.1 Å². The third-order valence-electron chi connectivity index (χ3n) is 1.60. The van der Waals surface area contributed by atoms with Gasteiger partial charge in [-0.1, -0.05) is 30.3 Å². The third-order valence-corrected chi connectivity index (χ3v) is 1.60. The second-order valence-corrected chi connectivity index (χ2v) is 2.74. The summed E-state index contributed by atoms with van der Waals surface area (Å²) in [4.78, 5) is 10.4. The lowest BCUT2D eigenvalue weighted by atomic mass is 10.1. The molecule has 1 rings (SSSR count). The highest BCUT2D eigenvalue weighted by Gasteiger charge is 1.93. The van der Waals surface area contributed by atoms with Gasteiger partial charge in [0.15, 0.2) is 0 Å². The molecule has 13 heavy (non-hydrogen) atoms. The summed E-state index contributed by atoms with van der Waals surface area (Å²) in [6.07, 6.45) is 0.577. The molecule has 0 aliphatic carbocycles. The first kappa shape index (κ1) is 8.26. The van der Waals surface area contributed by atoms with Crippen LogP contribution in [0.25, 0.3) is 0 Å². The number of nitrogens with one attached hydrogen (secondary N) is 1. The fourth-order valence-electron chi connectivity index (χ4n) is 0.977. The lowest BCUT2D eigenvalue weighted by molar-refractivity contribution is -0.117. The minimum absolute atomic E-state index is 0.0565. The van der Waals surface area contributed by atoms with Gasteiger partial charge in [0.2, 0.25) is 5.91 Å². The van der Waals surface area contributed by atoms with Crippen LogP contribution in [0.5, 0.6) is 0 Å². The Labute approximate surface area is 79.3 Å². The number of nitrogens with two attached hydrogens (primary N) is 1. The number of primary amides is 1. The van der Waals surface area contributed by atoms with E-state index < -0.39 is 12.4 Å². The molecule has 3 heteroatoms. The van der Waals surface area contributed by atoms with Gasteiger partial charge in [0, 0.05) is 1.37 Å². The van der Waals surface area contributed by atoms with Gasteiger partial charge in [-0.15, -0.1) is 0 Å². The molecule has 0 radical (unpaired) electrons. The Balaban J connectivity index is 2.34. The summed E-state index contributed by atoms with van der Waals surface area (Å²) in [5.41, 5.74) is 6.02. The summed E-state index contributed by atoms with van der Waals surface area (Å²) in [5, 5.41) is 2.72. The van der Waals surface area contributed by atoms with Crippen LogP contribution in [0.4, 0.5) is 0 Å². The monoisotopic (exact) mass is 179 g/mol. The van der Waals surface area contributed by atoms with Gasteiger partial charge in [0.25, 0.3) is 0 Å². The van der Waals surface area contributed by atoms with Gasteiger partial charge >= 0.3 is 0 Å². The first-order valence-electron chi connectivity index (χ1n) is 4.74. The third kappa shape index (κ3) is 4.28. The Kier molecular flexibility index (Phi) is 3.38. The van der Waals surface area contributed by atoms with Gasteiger partial charge in [-0.3, -0.25) is 4.79 Å². The Morgan fingerprint density at radius 3 is 2.77 bits per heavy atom. The Morgan fingerprint density at radius 2 is 2.15 bits per heavy atom. The van der Waals surface area contributed by atoms with E-state index in [1.165, 1.54) is 0 Å². The van der Waals surface area contributed by atoms with E-state index in [1.54, 1.807) is 0 Å². The highest BCUT2D eigenvalue weighted by atomic mass is 16.1. The van der Waals surface area contributed by atoms with Crippen LogP contribution in [0.15, 0.2) is 30.3 Å². The number of carbonyl (C=O) groups is 1. The number of carbonyl (C=O) groups excluding carboxylic acids is 1. The highest BCUT2D eigenvalue weighted by Crippen LogP contribution is 1.97. The Hall–Kier alpha value is -1.35. The molecule has 70 valence electrons. The van der Waals surface area contributed by atoms with Crippen molar-refractivity contribution in [1.29, 1.82) is 0 Å². The second kappa shape index (κ2) is 5.32. The fourth-order valence-corrected chi connectivity index (χ4v) is 0.977. The van der Waals surface area contributed by atoms with E-state index in [2.05, 4.69) is 5.32 Å². The summed E-state index contributed by atoms with van der Waals surface area (Å²) in [5.74, 6) is -0.435. The molecular weight excluding hydrogens is 164 g/mol. The van der Waals surface area contributed by atoms with Crippen LogP contribution in [0.1, 0.15) is 6.93 Å². The largest absolute Gasteiger partial charge is 0.369 e. The maximum absolute atomic E-state index is 10.4. The SMILES string of the molecule is [2H][C@H](Cc1ccccc1)NCC(N)=O. The van der Waals surface area contributed by atoms with Crippen molar-refractivity contribution in [3.63, 3.8) is 0 Å². The van der Waals surface area contributed by atoms with E-state index in [1.807, 2.05) is 30.3 Å². The van der Waals surface area contributed by atoms with Crippen LogP contribution in [-0.4, -0.2) is 19.0 Å². The van der Waals surface area contributed by atoms with E-state index in [0.29, 0.717) is 6.42 Å². The molecule has 0 saturated heterocycles. The topological polar surface area (TPSA) is 55.1 Å². The fraction of sp³-hybridized carbons (Fsp3) is 0.300. The molecule has 1 aromatic rings. The van der Waals surface area contributed by atoms with E-state index in [9.17, 15) is 4.79 Å². The summed E-state index contributed by atoms with van der Waals surface area (Å²) < 4.78 is 7.58. The van der Waals surface area contributed by atoms with E-state index in [-0.39, 0.29) is 6.54 Å². The molecule has 0 unspecified atom stereocenters. The van der Waals surface area contributed by atoms with Gasteiger partial charge in [0.05, 0.1) is 6.54 Å². The number of hydrogen-bond donors (Lipinski definition) is 2. The lowest BCUT2D eigenvalue weighted by Crippen LogP contribution is -2.29. The smallest absolute Gasteiger partial charge is 0.231 e. The van der Waals surface area contributed by atoms with Crippen molar-refractivity contribution >= 4 is 5.91 Å². The predicted octanol–water partition coefficient (Wildman–Crippen LogP) is 0.304. The van der Waals surface area contributed by atoms with E-state index in [4.69, 9.17) is 7.10 Å². The van der Waals surface area contributed by atoms with Crippen molar-refractivity contribution in [3.05, 3.63) is 35.9 Å². The molecule has 0 heterocycles. The van der Waals surface area contributed by atoms with Crippen LogP contribution in [0.3, 0.4) is 0 Å². The minimum atomic E-state index is -0.482. The molecule has 1 aromatic carbocycles. The van der Waals surface area contributed by atoms with Gasteiger partial charge in [-0.25, -0.2) is 0 Å². The molecule has 3 nitrogen and oxygen atoms in total. The van der Waals surface area contributed by atoms with Gasteiger partial charge in [0.1, 0.15) is 0 Å². The molecular formula is C10H14N2O. The van der Waals surface area contributed by atoms with Crippen LogP contribution in [-0.2, 0) is 11.2 Å². The quantitative estimate of drug-likeness (QED) is 0.683. The molecule has 1 atom stereocenters. The van der Waals surface area contributed by atoms with Crippen molar-refractivity contribution in [2.75, 3.05) is 13.1 Å². The highest BCUT2D eigenvalue weighted by molar-refractivity contribution is 5.75. The standard InChI is InChI=1S/C10H14N2O/c11-10(13)8-12-7-6-9-4-2-1-3-5-9/h1-5,12H,6-8H2,(H2,11,13)/i7D/t7-/m1/s1. The summed E-state index contributed by atoms with van der Waals surface area (Å²) >= 11 is 0. The number of aryl methyl sites for hydroxylation is 1. The minimum Gasteiger partial charge on any atom is -0.369 e. The van der Waals surface area contributed by atoms with Crippen molar-refractivity contribution < 1.29 is 6.17 Å². The van der Waals surface area contributed by atoms with E-state index >= 15 is 0 Å². The van der Waals surface area contributed by atoms with Gasteiger partial charge in [-0.05, 0) is 18.5 Å². The van der Waals surface area contributed by atoms with Crippen LogP contribution >= 0.6 is 0 Å². The molecule has 1 amide bonds. The van der Waals surface area contributed by atoms with Crippen LogP contribution in [0.2, 0.25) is 0 Å². The predicted molar refractivity (Wildman–Crippen MR) is 52.2 cm³/mol. The molecule has 0 bridgehead atoms. The molecule has 3 N–H and O–H groups in total. The summed E-state index contributed by atoms with van der Waals surface area (Å²) in [7, 11) is 0. The summed E-state index contributed by atoms with van der Waals surface area (Å²) in [6, 6.07) is 9.69. The molecule has 0 spiro atoms. The van der Waals surface area contributed by atoms with Crippen LogP contribution in [0, 0.1) is 0 Å². The average molecular weight is 179 g/mol. The maximum Gasteiger partial charge on any atom is 0.231 e. The van der Waals surface area contributed by atoms with Crippen molar-refractivity contribution in [3.8, 4) is 0 Å². The summed E-state index contributed by atoms with van der Waals surface area (Å²) in [6.45, 7) is -0.425. The van der Waals surface area contributed by atoms with Crippen molar-refractivity contribution in [2.45, 2.75) is 6.42 Å². The Bertz CT molecular complexity index is 289. The zero-order valence-electron chi connectivity index (χ0n) is 8.36. The second-order valence-electron chi connectivity index (χ2n) is 2.74. The van der Waals surface area contributed by atoms with Gasteiger partial charge in [-0.2, -0.15) is 0 Å². The first-order chi connectivity index (χ1) is 6.68. The molecule has 0 aliphatic heterocycles. The number of hydrogen-bond acceptors (Lipinski definition) is 2. The average Bonchev–Trinajstić information content (AvgIpc) is 2.16. The number of rotatable bonds is 5. The maximum atomic E-state index is 10.4. The zero-order valence-corrected chi connectivity index (χ0v) is 7.36. The molecule has 0 fully saturated rings. The molecule has 0 aromatic heterocycles. The first-order valence-corrected chi connectivity index (χ1v) is 4.16. The van der Waals surface area contributed by atoms with E-state index in [0.717, 1.165) is 5.56 Å². The number of benzene rings is 1. The Morgan fingerprint density at radius 1 is 1.46 bits per heavy atom. The lowest BCUT2D eigenvalue weighted by Gasteiger charge is -2.01. The zero-order chi connectivity index (χ0) is 10.4. The molecule has 0 saturated carbocycles. The van der Waals surface area contributed by atoms with Gasteiger partial charge < -0.3 is 11.1 Å². The van der Waals surface area contributed by atoms with Crippen molar-refractivity contribution in [2.24, 2.45) is 5.73 Å².